The van der Waals surface area contributed by atoms with E-state index in [9.17, 15) is 9.59 Å². The first kappa shape index (κ1) is 31.5. The van der Waals surface area contributed by atoms with Gasteiger partial charge in [-0.05, 0) is 99.1 Å². The molecule has 7 nitrogen and oxygen atoms in total. The molecule has 10 heteroatoms. The second-order valence-electron chi connectivity index (χ2n) is 9.73. The summed E-state index contributed by atoms with van der Waals surface area (Å²) >= 11 is 5.79. The lowest BCUT2D eigenvalue weighted by molar-refractivity contribution is -0.139. The highest BCUT2D eigenvalue weighted by Gasteiger charge is 2.37. The highest BCUT2D eigenvalue weighted by atomic mass is 127. The molecule has 2 heterocycles. The van der Waals surface area contributed by atoms with E-state index in [4.69, 9.17) is 19.2 Å². The number of benzene rings is 3. The summed E-state index contributed by atoms with van der Waals surface area (Å²) in [5, 5.41) is 1.86. The molecule has 4 aromatic rings. The van der Waals surface area contributed by atoms with Crippen LogP contribution >= 0.6 is 56.5 Å². The monoisotopic (exact) mass is 820 g/mol. The van der Waals surface area contributed by atoms with Crippen molar-refractivity contribution in [3.8, 4) is 11.5 Å². The van der Waals surface area contributed by atoms with Gasteiger partial charge in [0.15, 0.2) is 4.80 Å². The minimum Gasteiger partial charge on any atom is -0.496 e. The van der Waals surface area contributed by atoms with Crippen LogP contribution in [0.2, 0.25) is 0 Å². The zero-order valence-electron chi connectivity index (χ0n) is 24.0. The number of halogens is 2. The number of carbonyl (C=O) groups is 1. The van der Waals surface area contributed by atoms with E-state index < -0.39 is 12.0 Å². The van der Waals surface area contributed by atoms with Gasteiger partial charge in [0, 0.05) is 5.56 Å². The van der Waals surface area contributed by atoms with E-state index in [0.717, 1.165) is 41.2 Å². The van der Waals surface area contributed by atoms with Crippen molar-refractivity contribution in [3.63, 3.8) is 0 Å². The molecule has 1 aliphatic heterocycles. The van der Waals surface area contributed by atoms with Crippen molar-refractivity contribution in [1.82, 2.24) is 4.57 Å². The summed E-state index contributed by atoms with van der Waals surface area (Å²) in [6, 6.07) is 15.0. The largest absolute Gasteiger partial charge is 0.496 e. The number of hydrogen-bond acceptors (Lipinski definition) is 7. The zero-order chi connectivity index (χ0) is 30.7. The molecule has 0 bridgehead atoms. The number of fused-ring (bicyclic) bond motifs is 2. The number of thiazole rings is 1. The van der Waals surface area contributed by atoms with Crippen LogP contribution in [-0.2, 0) is 9.53 Å². The van der Waals surface area contributed by atoms with Gasteiger partial charge in [-0.3, -0.25) is 9.36 Å². The number of ether oxygens (including phenoxy) is 3. The Hall–Kier alpha value is -2.97. The van der Waals surface area contributed by atoms with E-state index in [-0.39, 0.29) is 12.2 Å². The Kier molecular flexibility index (Phi) is 10.1. The predicted octanol–water partition coefficient (Wildman–Crippen LogP) is 6.51. The fourth-order valence-corrected chi connectivity index (χ4v) is 8.37. The number of hydrogen-bond donors (Lipinski definition) is 0. The van der Waals surface area contributed by atoms with Gasteiger partial charge in [0.1, 0.15) is 24.1 Å². The van der Waals surface area contributed by atoms with Crippen LogP contribution in [0, 0.1) is 7.14 Å². The van der Waals surface area contributed by atoms with Gasteiger partial charge in [-0.2, -0.15) is 0 Å². The molecule has 5 rings (SSSR count). The summed E-state index contributed by atoms with van der Waals surface area (Å²) in [5.74, 6) is 0.881. The molecule has 0 saturated carbocycles. The molecule has 0 radical (unpaired) electrons. The Bertz CT molecular complexity index is 1920. The van der Waals surface area contributed by atoms with Crippen molar-refractivity contribution in [2.24, 2.45) is 4.99 Å². The quantitative estimate of drug-likeness (QED) is 0.104. The first-order valence-electron chi connectivity index (χ1n) is 13.8. The molecule has 1 aliphatic rings. The zero-order valence-corrected chi connectivity index (χ0v) is 29.1. The van der Waals surface area contributed by atoms with Crippen molar-refractivity contribution in [2.45, 2.75) is 32.7 Å². The molecule has 0 N–H and O–H groups in total. The van der Waals surface area contributed by atoms with Gasteiger partial charge >= 0.3 is 5.97 Å². The number of carbonyl (C=O) groups excluding carboxylic acids is 1. The highest BCUT2D eigenvalue weighted by Crippen LogP contribution is 2.41. The average molecular weight is 820 g/mol. The maximum atomic E-state index is 14.3. The Balaban J connectivity index is 1.81. The van der Waals surface area contributed by atoms with Gasteiger partial charge in [-0.1, -0.05) is 67.7 Å². The Morgan fingerprint density at radius 1 is 1.14 bits per heavy atom. The Labute approximate surface area is 280 Å². The number of aromatic nitrogens is 1. The van der Waals surface area contributed by atoms with Crippen molar-refractivity contribution < 1.29 is 19.0 Å². The summed E-state index contributed by atoms with van der Waals surface area (Å²) < 4.78 is 21.3. The lowest BCUT2D eigenvalue weighted by atomic mass is 9.90. The lowest BCUT2D eigenvalue weighted by Crippen LogP contribution is -2.40. The Morgan fingerprint density at radius 2 is 1.88 bits per heavy atom. The molecule has 1 aromatic heterocycles. The molecule has 0 spiro atoms. The normalized spacial score (nSPS) is 14.8. The maximum Gasteiger partial charge on any atom is 0.338 e. The summed E-state index contributed by atoms with van der Waals surface area (Å²) in [6.07, 6.45) is 4.91. The van der Waals surface area contributed by atoms with Crippen LogP contribution in [0.4, 0.5) is 0 Å². The van der Waals surface area contributed by atoms with E-state index in [2.05, 4.69) is 51.8 Å². The first-order valence-corrected chi connectivity index (χ1v) is 16.8. The third kappa shape index (κ3) is 6.18. The van der Waals surface area contributed by atoms with Crippen LogP contribution in [0.3, 0.4) is 0 Å². The van der Waals surface area contributed by atoms with Crippen molar-refractivity contribution >= 4 is 79.3 Å². The molecule has 0 saturated heterocycles. The smallest absolute Gasteiger partial charge is 0.338 e. The molecule has 1 atom stereocenters. The topological polar surface area (TPSA) is 79.1 Å². The standard InChI is InChI=1S/C33H30I2N2O5S/c1-5-10-24-28(32(39)41-7-3)29(27-21-12-9-8-11-20(21)13-14-25(27)40-4)37-31(38)26(43-33(37)36-24)18-19-16-22(34)30(23(35)17-19)42-15-6-2/h6,8-9,11-14,16-18,29H,2,5,7,10,15H2,1,3-4H3/b26-18-. The van der Waals surface area contributed by atoms with E-state index in [0.29, 0.717) is 39.4 Å². The minimum atomic E-state index is -0.782. The fourth-order valence-electron chi connectivity index (χ4n) is 5.22. The summed E-state index contributed by atoms with van der Waals surface area (Å²) in [6.45, 7) is 8.16. The van der Waals surface area contributed by atoms with E-state index >= 15 is 0 Å². The van der Waals surface area contributed by atoms with Gasteiger partial charge in [-0.25, -0.2) is 9.79 Å². The summed E-state index contributed by atoms with van der Waals surface area (Å²) in [4.78, 5) is 33.5. The molecule has 0 aliphatic carbocycles. The molecule has 222 valence electrons. The summed E-state index contributed by atoms with van der Waals surface area (Å²) in [5.41, 5.74) is 2.35. The fraction of sp³-hybridized carbons (Fsp3) is 0.242. The number of allylic oxidation sites excluding steroid dienone is 1. The molecule has 0 amide bonds. The van der Waals surface area contributed by atoms with Gasteiger partial charge in [0.25, 0.3) is 5.56 Å². The van der Waals surface area contributed by atoms with Crippen LogP contribution in [-0.4, -0.2) is 30.9 Å². The Morgan fingerprint density at radius 3 is 2.56 bits per heavy atom. The van der Waals surface area contributed by atoms with E-state index in [1.807, 2.05) is 61.5 Å². The summed E-state index contributed by atoms with van der Waals surface area (Å²) in [7, 11) is 1.60. The van der Waals surface area contributed by atoms with Crippen LogP contribution in [0.15, 0.2) is 82.2 Å². The molecular weight excluding hydrogens is 790 g/mol. The van der Waals surface area contributed by atoms with Crippen molar-refractivity contribution in [3.05, 3.63) is 110 Å². The average Bonchev–Trinajstić information content (AvgIpc) is 3.29. The number of methoxy groups -OCH3 is 1. The third-order valence-electron chi connectivity index (χ3n) is 6.98. The van der Waals surface area contributed by atoms with Gasteiger partial charge in [0.05, 0.1) is 36.7 Å². The van der Waals surface area contributed by atoms with Gasteiger partial charge in [-0.15, -0.1) is 0 Å². The number of nitrogens with zero attached hydrogens (tertiary/aromatic N) is 2. The van der Waals surface area contributed by atoms with E-state index in [1.54, 1.807) is 24.7 Å². The van der Waals surface area contributed by atoms with Crippen molar-refractivity contribution in [2.75, 3.05) is 20.3 Å². The maximum absolute atomic E-state index is 14.3. The second kappa shape index (κ2) is 13.8. The lowest BCUT2D eigenvalue weighted by Gasteiger charge is -2.28. The molecule has 3 aromatic carbocycles. The second-order valence-corrected chi connectivity index (χ2v) is 13.1. The molecule has 43 heavy (non-hydrogen) atoms. The van der Waals surface area contributed by atoms with Crippen molar-refractivity contribution in [1.29, 1.82) is 0 Å². The van der Waals surface area contributed by atoms with E-state index in [1.165, 1.54) is 11.3 Å². The van der Waals surface area contributed by atoms with Crippen LogP contribution in [0.5, 0.6) is 11.5 Å². The predicted molar refractivity (Wildman–Crippen MR) is 188 cm³/mol. The molecular formula is C33H30I2N2O5S. The highest BCUT2D eigenvalue weighted by molar-refractivity contribution is 14.1. The molecule has 1 unspecified atom stereocenters. The minimum absolute atomic E-state index is 0.204. The van der Waals surface area contributed by atoms with Gasteiger partial charge < -0.3 is 14.2 Å². The van der Waals surface area contributed by atoms with Crippen LogP contribution in [0.1, 0.15) is 43.9 Å². The SMILES string of the molecule is C=CCOc1c(I)cc(/C=c2\sc3n(c2=O)C(c2c(OC)ccc4ccccc24)C(C(=O)OCC)=C(CCC)N=3)cc1I. The van der Waals surface area contributed by atoms with Gasteiger partial charge in [0.2, 0.25) is 0 Å². The number of esters is 1. The number of rotatable bonds is 10. The third-order valence-corrected chi connectivity index (χ3v) is 9.57. The van der Waals surface area contributed by atoms with Crippen LogP contribution < -0.4 is 24.4 Å². The van der Waals surface area contributed by atoms with Crippen LogP contribution in [0.25, 0.3) is 16.8 Å². The first-order chi connectivity index (χ1) is 20.8. The molecule has 0 fully saturated rings.